The smallest absolute Gasteiger partial charge is 0.191 e. The summed E-state index contributed by atoms with van der Waals surface area (Å²) in [4.78, 5) is 0. The molecule has 0 atom stereocenters. The van der Waals surface area contributed by atoms with Crippen LogP contribution in [0.25, 0.3) is 0 Å². The van der Waals surface area contributed by atoms with E-state index in [2.05, 4.69) is 30.7 Å². The molecule has 0 N–H and O–H groups in total. The van der Waals surface area contributed by atoms with Gasteiger partial charge in [-0.3, -0.25) is 4.57 Å². The average Bonchev–Trinajstić information content (AvgIpc) is 3.24. The summed E-state index contributed by atoms with van der Waals surface area (Å²) < 4.78 is 20.1. The van der Waals surface area contributed by atoms with E-state index in [1.54, 1.807) is 18.0 Å². The number of hydrogen-bond donors (Lipinski definition) is 0. The molecule has 0 amide bonds. The molecule has 8 heteroatoms. The van der Waals surface area contributed by atoms with Gasteiger partial charge in [0.05, 0.1) is 12.8 Å². The number of rotatable bonds is 6. The zero-order chi connectivity index (χ0) is 18.2. The normalized spacial score (nSPS) is 15.9. The Kier molecular flexibility index (Phi) is 4.61. The number of thioether (sulfide) groups is 1. The molecular weight excluding hydrogens is 430 g/mol. The summed E-state index contributed by atoms with van der Waals surface area (Å²) in [5.41, 5.74) is 1.14. The second-order valence-corrected chi connectivity index (χ2v) is 8.45. The van der Waals surface area contributed by atoms with E-state index in [-0.39, 0.29) is 0 Å². The molecule has 0 unspecified atom stereocenters. The summed E-state index contributed by atoms with van der Waals surface area (Å²) in [6.07, 6.45) is 4.08. The standard InChI is InChI=1S/C19H18BrN3O3S/c20-15-9-17-16(25-6-7-26-17)8-13(15)11-27-19-22-21-18(12-3-4-12)23(19)10-14-2-1-5-24-14/h1-2,5,8-9,12H,3-4,6-7,10-11H2. The van der Waals surface area contributed by atoms with E-state index >= 15 is 0 Å². The maximum absolute atomic E-state index is 5.71. The van der Waals surface area contributed by atoms with Gasteiger partial charge in [0.2, 0.25) is 0 Å². The Morgan fingerprint density at radius 1 is 1.15 bits per heavy atom. The van der Waals surface area contributed by atoms with Crippen molar-refractivity contribution in [2.75, 3.05) is 13.2 Å². The van der Waals surface area contributed by atoms with Gasteiger partial charge < -0.3 is 13.9 Å². The average molecular weight is 448 g/mol. The lowest BCUT2D eigenvalue weighted by Crippen LogP contribution is -2.15. The molecule has 3 aromatic rings. The Morgan fingerprint density at radius 2 is 1.96 bits per heavy atom. The molecule has 1 fully saturated rings. The first kappa shape index (κ1) is 17.2. The number of ether oxygens (including phenoxy) is 2. The third-order valence-corrected chi connectivity index (χ3v) is 6.40. The molecule has 5 rings (SSSR count). The van der Waals surface area contributed by atoms with Crippen molar-refractivity contribution >= 4 is 27.7 Å². The Balaban J connectivity index is 1.38. The van der Waals surface area contributed by atoms with E-state index in [0.717, 1.165) is 44.0 Å². The molecule has 1 saturated carbocycles. The predicted octanol–water partition coefficient (Wildman–Crippen LogP) is 4.62. The minimum Gasteiger partial charge on any atom is -0.486 e. The lowest BCUT2D eigenvalue weighted by molar-refractivity contribution is 0.171. The Morgan fingerprint density at radius 3 is 2.70 bits per heavy atom. The lowest BCUT2D eigenvalue weighted by atomic mass is 10.2. The second-order valence-electron chi connectivity index (χ2n) is 6.66. The summed E-state index contributed by atoms with van der Waals surface area (Å²) in [6, 6.07) is 7.92. The van der Waals surface area contributed by atoms with Gasteiger partial charge in [-0.15, -0.1) is 10.2 Å². The first-order chi connectivity index (χ1) is 13.3. The fraction of sp³-hybridized carbons (Fsp3) is 0.368. The highest BCUT2D eigenvalue weighted by Gasteiger charge is 2.30. The van der Waals surface area contributed by atoms with Crippen LogP contribution in [0.3, 0.4) is 0 Å². The monoisotopic (exact) mass is 447 g/mol. The fourth-order valence-electron chi connectivity index (χ4n) is 3.12. The fourth-order valence-corrected chi connectivity index (χ4v) is 4.70. The lowest BCUT2D eigenvalue weighted by Gasteiger charge is -2.19. The number of fused-ring (bicyclic) bond motifs is 1. The van der Waals surface area contributed by atoms with Crippen molar-refractivity contribution in [2.24, 2.45) is 0 Å². The molecule has 0 saturated heterocycles. The molecular formula is C19H18BrN3O3S. The van der Waals surface area contributed by atoms with Crippen LogP contribution in [0, 0.1) is 0 Å². The molecule has 3 heterocycles. The van der Waals surface area contributed by atoms with Crippen LogP contribution < -0.4 is 9.47 Å². The van der Waals surface area contributed by atoms with Crippen molar-refractivity contribution in [2.45, 2.75) is 36.2 Å². The third-order valence-electron chi connectivity index (χ3n) is 4.65. The van der Waals surface area contributed by atoms with Gasteiger partial charge in [-0.25, -0.2) is 0 Å². The van der Waals surface area contributed by atoms with Gasteiger partial charge in [-0.05, 0) is 42.7 Å². The van der Waals surface area contributed by atoms with Crippen molar-refractivity contribution in [3.63, 3.8) is 0 Å². The van der Waals surface area contributed by atoms with E-state index in [9.17, 15) is 0 Å². The number of aromatic nitrogens is 3. The van der Waals surface area contributed by atoms with Gasteiger partial charge in [-0.2, -0.15) is 0 Å². The van der Waals surface area contributed by atoms with Crippen LogP contribution in [0.5, 0.6) is 11.5 Å². The zero-order valence-electron chi connectivity index (χ0n) is 14.6. The topological polar surface area (TPSA) is 62.3 Å². The van der Waals surface area contributed by atoms with Crippen LogP contribution in [0.2, 0.25) is 0 Å². The minimum absolute atomic E-state index is 0.530. The minimum atomic E-state index is 0.530. The van der Waals surface area contributed by atoms with Crippen molar-refractivity contribution in [3.05, 3.63) is 52.1 Å². The highest BCUT2D eigenvalue weighted by atomic mass is 79.9. The quantitative estimate of drug-likeness (QED) is 0.513. The first-order valence-corrected chi connectivity index (χ1v) is 10.7. The van der Waals surface area contributed by atoms with Crippen molar-refractivity contribution in [1.82, 2.24) is 14.8 Å². The largest absolute Gasteiger partial charge is 0.486 e. The molecule has 27 heavy (non-hydrogen) atoms. The van der Waals surface area contributed by atoms with Gasteiger partial charge in [0.25, 0.3) is 0 Å². The SMILES string of the molecule is Brc1cc2c(cc1CSc1nnc(C3CC3)n1Cc1ccco1)OCCO2. The van der Waals surface area contributed by atoms with Gasteiger partial charge >= 0.3 is 0 Å². The number of nitrogens with zero attached hydrogens (tertiary/aromatic N) is 3. The van der Waals surface area contributed by atoms with E-state index in [0.29, 0.717) is 25.7 Å². The highest BCUT2D eigenvalue weighted by molar-refractivity contribution is 9.10. The molecule has 0 bridgehead atoms. The van der Waals surface area contributed by atoms with Crippen molar-refractivity contribution in [3.8, 4) is 11.5 Å². The molecule has 1 aliphatic heterocycles. The summed E-state index contributed by atoms with van der Waals surface area (Å²) in [6.45, 7) is 1.84. The summed E-state index contributed by atoms with van der Waals surface area (Å²) >= 11 is 5.32. The van der Waals surface area contributed by atoms with E-state index in [1.807, 2.05) is 24.3 Å². The Labute approximate surface area is 169 Å². The van der Waals surface area contributed by atoms with E-state index in [4.69, 9.17) is 13.9 Å². The number of halogens is 1. The summed E-state index contributed by atoms with van der Waals surface area (Å²) in [5, 5.41) is 9.82. The molecule has 1 aliphatic carbocycles. The van der Waals surface area contributed by atoms with Crippen LogP contribution in [-0.4, -0.2) is 28.0 Å². The van der Waals surface area contributed by atoms with Crippen LogP contribution in [0.1, 0.15) is 35.9 Å². The molecule has 6 nitrogen and oxygen atoms in total. The highest BCUT2D eigenvalue weighted by Crippen LogP contribution is 2.41. The first-order valence-electron chi connectivity index (χ1n) is 8.94. The van der Waals surface area contributed by atoms with Crippen LogP contribution >= 0.6 is 27.7 Å². The predicted molar refractivity (Wildman–Crippen MR) is 105 cm³/mol. The van der Waals surface area contributed by atoms with Crippen LogP contribution in [0.4, 0.5) is 0 Å². The number of benzene rings is 1. The van der Waals surface area contributed by atoms with Gasteiger partial charge in [0.1, 0.15) is 24.8 Å². The number of hydrogen-bond acceptors (Lipinski definition) is 6. The Bertz CT molecular complexity index is 954. The number of furan rings is 1. The second kappa shape index (κ2) is 7.24. The molecule has 1 aromatic carbocycles. The molecule has 0 radical (unpaired) electrons. The van der Waals surface area contributed by atoms with E-state index in [1.165, 1.54) is 12.8 Å². The third kappa shape index (κ3) is 3.60. The molecule has 0 spiro atoms. The summed E-state index contributed by atoms with van der Waals surface area (Å²) in [5.74, 6) is 4.87. The molecule has 2 aliphatic rings. The van der Waals surface area contributed by atoms with Crippen molar-refractivity contribution in [1.29, 1.82) is 0 Å². The maximum atomic E-state index is 5.71. The van der Waals surface area contributed by atoms with Crippen molar-refractivity contribution < 1.29 is 13.9 Å². The van der Waals surface area contributed by atoms with E-state index < -0.39 is 0 Å². The molecule has 140 valence electrons. The Hall–Kier alpha value is -1.93. The summed E-state index contributed by atoms with van der Waals surface area (Å²) in [7, 11) is 0. The van der Waals surface area contributed by atoms with Gasteiger partial charge in [0, 0.05) is 16.1 Å². The zero-order valence-corrected chi connectivity index (χ0v) is 17.0. The maximum Gasteiger partial charge on any atom is 0.191 e. The molecule has 2 aromatic heterocycles. The van der Waals surface area contributed by atoms with Crippen LogP contribution in [0.15, 0.2) is 44.6 Å². The van der Waals surface area contributed by atoms with Crippen LogP contribution in [-0.2, 0) is 12.3 Å². The van der Waals surface area contributed by atoms with Gasteiger partial charge in [0.15, 0.2) is 16.7 Å². The van der Waals surface area contributed by atoms with Gasteiger partial charge in [-0.1, -0.05) is 27.7 Å².